The molecule has 0 aliphatic rings. The van der Waals surface area contributed by atoms with E-state index in [0.29, 0.717) is 15.9 Å². The van der Waals surface area contributed by atoms with E-state index in [-0.39, 0.29) is 0 Å². The quantitative estimate of drug-likeness (QED) is 0.708. The Morgan fingerprint density at radius 1 is 0.600 bits per heavy atom. The summed E-state index contributed by atoms with van der Waals surface area (Å²) in [5, 5.41) is 1.77. The Morgan fingerprint density at radius 3 is 1.44 bits per heavy atom. The van der Waals surface area contributed by atoms with E-state index in [9.17, 15) is 9.79 Å². The minimum atomic E-state index is -4.52. The van der Waals surface area contributed by atoms with Crippen molar-refractivity contribution in [2.45, 2.75) is 27.7 Å². The topological polar surface area (TPSA) is 40.5 Å². The molecule has 0 fully saturated rings. The SMILES string of the molecule is Cc1ccc(P(O)(O)(c2ccccc2)c2ccc(C)cc2C)c(C)c1. The van der Waals surface area contributed by atoms with E-state index >= 15 is 0 Å². The van der Waals surface area contributed by atoms with E-state index in [1.165, 1.54) is 0 Å². The third-order valence-corrected chi connectivity index (χ3v) is 8.97. The number of hydrogen-bond donors (Lipinski definition) is 2. The van der Waals surface area contributed by atoms with Crippen LogP contribution in [0.3, 0.4) is 0 Å². The van der Waals surface area contributed by atoms with Gasteiger partial charge in [-0.2, -0.15) is 0 Å². The van der Waals surface area contributed by atoms with Gasteiger partial charge in [-0.15, -0.1) is 0 Å². The van der Waals surface area contributed by atoms with Gasteiger partial charge < -0.3 is 0 Å². The van der Waals surface area contributed by atoms with Crippen LogP contribution in [-0.2, 0) is 0 Å². The van der Waals surface area contributed by atoms with E-state index in [1.54, 1.807) is 0 Å². The van der Waals surface area contributed by atoms with Crippen molar-refractivity contribution in [3.63, 3.8) is 0 Å². The van der Waals surface area contributed by atoms with Crippen molar-refractivity contribution in [3.8, 4) is 0 Å². The summed E-state index contributed by atoms with van der Waals surface area (Å²) < 4.78 is 0. The van der Waals surface area contributed by atoms with Crippen LogP contribution in [0.5, 0.6) is 0 Å². The summed E-state index contributed by atoms with van der Waals surface area (Å²) >= 11 is 0. The maximum absolute atomic E-state index is 12.1. The molecular weight excluding hydrogens is 327 g/mol. The Kier molecular flexibility index (Phi) is 4.33. The van der Waals surface area contributed by atoms with Gasteiger partial charge in [-0.05, 0) is 0 Å². The molecular formula is C22H25O2P. The molecule has 0 saturated carbocycles. The summed E-state index contributed by atoms with van der Waals surface area (Å²) in [5.74, 6) is 0. The van der Waals surface area contributed by atoms with Crippen LogP contribution in [-0.4, -0.2) is 9.79 Å². The van der Waals surface area contributed by atoms with Crippen molar-refractivity contribution in [1.29, 1.82) is 0 Å². The van der Waals surface area contributed by atoms with Crippen LogP contribution in [0.2, 0.25) is 0 Å². The minimum absolute atomic E-state index is 0.562. The molecule has 0 amide bonds. The third kappa shape index (κ3) is 2.81. The molecule has 3 heteroatoms. The molecule has 0 aliphatic carbocycles. The molecule has 3 aromatic carbocycles. The van der Waals surface area contributed by atoms with Crippen LogP contribution in [0.4, 0.5) is 0 Å². The zero-order chi connectivity index (χ0) is 18.3. The van der Waals surface area contributed by atoms with Gasteiger partial charge in [0.25, 0.3) is 0 Å². The number of benzene rings is 3. The first kappa shape index (κ1) is 17.8. The molecule has 0 atom stereocenters. The molecule has 0 aromatic heterocycles. The normalized spacial score (nSPS) is 13.3. The van der Waals surface area contributed by atoms with Gasteiger partial charge in [-0.25, -0.2) is 0 Å². The summed E-state index contributed by atoms with van der Waals surface area (Å²) in [4.78, 5) is 24.2. The monoisotopic (exact) mass is 352 g/mol. The van der Waals surface area contributed by atoms with Gasteiger partial charge in [0.2, 0.25) is 0 Å². The Hall–Kier alpha value is -1.99. The second kappa shape index (κ2) is 6.07. The molecule has 0 unspecified atom stereocenters. The Balaban J connectivity index is 2.44. The van der Waals surface area contributed by atoms with Crippen LogP contribution in [0.1, 0.15) is 22.3 Å². The summed E-state index contributed by atoms with van der Waals surface area (Å²) in [6.45, 7) is 7.92. The van der Waals surface area contributed by atoms with Crippen molar-refractivity contribution in [2.75, 3.05) is 0 Å². The van der Waals surface area contributed by atoms with Crippen LogP contribution in [0.25, 0.3) is 0 Å². The number of aryl methyl sites for hydroxylation is 4. The third-order valence-electron chi connectivity index (χ3n) is 4.86. The summed E-state index contributed by atoms with van der Waals surface area (Å²) in [7, 11) is -4.52. The van der Waals surface area contributed by atoms with Crippen LogP contribution in [0, 0.1) is 27.7 Å². The first-order valence-electron chi connectivity index (χ1n) is 8.46. The van der Waals surface area contributed by atoms with Gasteiger partial charge in [0, 0.05) is 0 Å². The summed E-state index contributed by atoms with van der Waals surface area (Å²) in [5.41, 5.74) is 4.00. The van der Waals surface area contributed by atoms with Gasteiger partial charge in [0.05, 0.1) is 0 Å². The standard InChI is InChI=1S/C22H25O2P/c1-16-10-12-21(18(3)14-16)25(23,24,20-8-6-5-7-9-20)22-13-11-17(2)15-19(22)4/h5-15,23-24H,1-4H3. The fourth-order valence-electron chi connectivity index (χ4n) is 3.68. The Bertz CT molecular complexity index is 875. The molecule has 0 aliphatic heterocycles. The number of rotatable bonds is 3. The molecule has 0 saturated heterocycles. The van der Waals surface area contributed by atoms with Crippen molar-refractivity contribution in [3.05, 3.63) is 89.0 Å². The first-order chi connectivity index (χ1) is 11.7. The van der Waals surface area contributed by atoms with Crippen molar-refractivity contribution in [2.24, 2.45) is 0 Å². The van der Waals surface area contributed by atoms with Gasteiger partial charge in [-0.3, -0.25) is 0 Å². The summed E-state index contributed by atoms with van der Waals surface area (Å²) in [6, 6.07) is 20.9. The summed E-state index contributed by atoms with van der Waals surface area (Å²) in [6.07, 6.45) is 0. The zero-order valence-corrected chi connectivity index (χ0v) is 16.1. The Morgan fingerprint density at radius 2 is 1.04 bits per heavy atom. The van der Waals surface area contributed by atoms with E-state index < -0.39 is 7.06 Å². The van der Waals surface area contributed by atoms with Crippen LogP contribution in [0.15, 0.2) is 66.7 Å². The molecule has 0 radical (unpaired) electrons. The van der Waals surface area contributed by atoms with E-state index in [2.05, 4.69) is 0 Å². The van der Waals surface area contributed by atoms with E-state index in [0.717, 1.165) is 22.3 Å². The van der Waals surface area contributed by atoms with Gasteiger partial charge in [0.15, 0.2) is 0 Å². The van der Waals surface area contributed by atoms with Crippen molar-refractivity contribution < 1.29 is 9.79 Å². The van der Waals surface area contributed by atoms with E-state index in [1.807, 2.05) is 94.4 Å². The average molecular weight is 352 g/mol. The van der Waals surface area contributed by atoms with E-state index in [4.69, 9.17) is 0 Å². The fraction of sp³-hybridized carbons (Fsp3) is 0.182. The molecule has 3 rings (SSSR count). The zero-order valence-electron chi connectivity index (χ0n) is 15.2. The van der Waals surface area contributed by atoms with Gasteiger partial charge >= 0.3 is 149 Å². The molecule has 3 aromatic rings. The molecule has 0 spiro atoms. The second-order valence-electron chi connectivity index (χ2n) is 6.94. The molecule has 2 nitrogen and oxygen atoms in total. The Labute approximate surface area is 149 Å². The van der Waals surface area contributed by atoms with Gasteiger partial charge in [-0.1, -0.05) is 0 Å². The van der Waals surface area contributed by atoms with Crippen molar-refractivity contribution in [1.82, 2.24) is 0 Å². The second-order valence-corrected chi connectivity index (χ2v) is 10.5. The molecule has 2 N–H and O–H groups in total. The predicted molar refractivity (Wildman–Crippen MR) is 109 cm³/mol. The molecule has 130 valence electrons. The average Bonchev–Trinajstić information content (AvgIpc) is 2.55. The fourth-order valence-corrected chi connectivity index (χ4v) is 7.41. The van der Waals surface area contributed by atoms with Crippen molar-refractivity contribution >= 4 is 23.0 Å². The molecule has 0 heterocycles. The molecule has 0 bridgehead atoms. The molecule has 25 heavy (non-hydrogen) atoms. The van der Waals surface area contributed by atoms with Gasteiger partial charge in [0.1, 0.15) is 0 Å². The number of hydrogen-bond acceptors (Lipinski definition) is 2. The van der Waals surface area contributed by atoms with Crippen LogP contribution >= 0.6 is 7.06 Å². The predicted octanol–water partition coefficient (Wildman–Crippen LogP) is 3.56. The maximum atomic E-state index is 12.1. The van der Waals surface area contributed by atoms with Crippen LogP contribution < -0.4 is 15.9 Å². The first-order valence-corrected chi connectivity index (χ1v) is 10.6.